The number of aliphatic carboxylic acids is 1. The molecule has 2 aliphatic heterocycles. The molecule has 0 spiro atoms. The second kappa shape index (κ2) is 4.06. The van der Waals surface area contributed by atoms with Gasteiger partial charge in [0.05, 0.1) is 6.04 Å². The van der Waals surface area contributed by atoms with Gasteiger partial charge in [0.1, 0.15) is 6.17 Å². The molecule has 3 unspecified atom stereocenters. The number of amidine groups is 1. The number of alkyl halides is 1. The predicted molar refractivity (Wildman–Crippen MR) is 62.5 cm³/mol. The standard InChI is InChI=1S/C12H12FN3O2/c13-8-6-9(7-4-2-1-3-5-7)16-11(8)14-10(15-16)12(17)18/h1-5,8-9,11H,6H2,(H,14,15)(H,17,18). The Labute approximate surface area is 103 Å². The minimum absolute atomic E-state index is 0.188. The molecule has 0 saturated carbocycles. The number of aliphatic imine (C=N–C) groups is 1. The molecule has 1 saturated heterocycles. The number of halogens is 1. The summed E-state index contributed by atoms with van der Waals surface area (Å²) < 4.78 is 13.9. The molecule has 3 atom stereocenters. The number of carbonyl (C=O) groups is 1. The minimum atomic E-state index is -1.16. The molecule has 0 amide bonds. The summed E-state index contributed by atoms with van der Waals surface area (Å²) in [4.78, 5) is 14.7. The Bertz CT molecular complexity index is 505. The van der Waals surface area contributed by atoms with E-state index >= 15 is 0 Å². The summed E-state index contributed by atoms with van der Waals surface area (Å²) in [7, 11) is 0. The van der Waals surface area contributed by atoms with E-state index in [9.17, 15) is 9.18 Å². The van der Waals surface area contributed by atoms with Gasteiger partial charge in [0.15, 0.2) is 6.17 Å². The van der Waals surface area contributed by atoms with Crippen molar-refractivity contribution in [2.45, 2.75) is 24.8 Å². The molecule has 0 aliphatic carbocycles. The van der Waals surface area contributed by atoms with E-state index in [4.69, 9.17) is 5.11 Å². The molecular weight excluding hydrogens is 237 g/mol. The van der Waals surface area contributed by atoms with Crippen LogP contribution < -0.4 is 5.43 Å². The van der Waals surface area contributed by atoms with Gasteiger partial charge < -0.3 is 5.11 Å². The van der Waals surface area contributed by atoms with Crippen LogP contribution in [-0.2, 0) is 4.79 Å². The molecule has 6 heteroatoms. The summed E-state index contributed by atoms with van der Waals surface area (Å²) in [6, 6.07) is 9.27. The van der Waals surface area contributed by atoms with Crippen LogP contribution >= 0.6 is 0 Å². The number of hydrazine groups is 1. The highest BCUT2D eigenvalue weighted by Crippen LogP contribution is 2.38. The van der Waals surface area contributed by atoms with Crippen LogP contribution in [0.3, 0.4) is 0 Å². The number of nitrogens with one attached hydrogen (secondary N) is 1. The van der Waals surface area contributed by atoms with Crippen molar-refractivity contribution in [1.82, 2.24) is 10.4 Å². The fourth-order valence-corrected chi connectivity index (χ4v) is 2.45. The number of nitrogens with zero attached hydrogens (tertiary/aromatic N) is 2. The number of rotatable bonds is 2. The first kappa shape index (κ1) is 11.2. The Morgan fingerprint density at radius 3 is 2.83 bits per heavy atom. The number of benzene rings is 1. The molecule has 1 aromatic rings. The monoisotopic (exact) mass is 249 g/mol. The van der Waals surface area contributed by atoms with Gasteiger partial charge in [0.25, 0.3) is 0 Å². The van der Waals surface area contributed by atoms with Crippen LogP contribution in [0.1, 0.15) is 18.0 Å². The molecule has 2 aliphatic rings. The fraction of sp³-hybridized carbons (Fsp3) is 0.333. The molecule has 0 aromatic heterocycles. The number of fused-ring (bicyclic) bond motifs is 1. The normalized spacial score (nSPS) is 30.7. The van der Waals surface area contributed by atoms with Crippen molar-refractivity contribution >= 4 is 11.8 Å². The van der Waals surface area contributed by atoms with Gasteiger partial charge in [0, 0.05) is 6.42 Å². The number of carboxylic acids is 1. The van der Waals surface area contributed by atoms with Gasteiger partial charge in [-0.3, -0.25) is 5.43 Å². The molecule has 0 radical (unpaired) electrons. The Kier molecular flexibility index (Phi) is 2.52. The quantitative estimate of drug-likeness (QED) is 0.823. The van der Waals surface area contributed by atoms with E-state index < -0.39 is 18.3 Å². The van der Waals surface area contributed by atoms with Crippen molar-refractivity contribution in [1.29, 1.82) is 0 Å². The maximum Gasteiger partial charge on any atom is 0.372 e. The third kappa shape index (κ3) is 1.65. The lowest BCUT2D eigenvalue weighted by atomic mass is 10.1. The molecule has 2 N–H and O–H groups in total. The molecule has 1 aromatic carbocycles. The maximum absolute atomic E-state index is 13.9. The van der Waals surface area contributed by atoms with E-state index in [1.165, 1.54) is 0 Å². The van der Waals surface area contributed by atoms with Crippen molar-refractivity contribution in [2.24, 2.45) is 4.99 Å². The highest BCUT2D eigenvalue weighted by Gasteiger charge is 2.47. The van der Waals surface area contributed by atoms with Crippen molar-refractivity contribution in [2.75, 3.05) is 0 Å². The van der Waals surface area contributed by atoms with Crippen LogP contribution in [0.4, 0.5) is 4.39 Å². The van der Waals surface area contributed by atoms with Crippen molar-refractivity contribution in [3.05, 3.63) is 35.9 Å². The zero-order chi connectivity index (χ0) is 12.7. The molecule has 94 valence electrons. The highest BCUT2D eigenvalue weighted by molar-refractivity contribution is 6.34. The largest absolute Gasteiger partial charge is 0.475 e. The molecule has 5 nitrogen and oxygen atoms in total. The summed E-state index contributed by atoms with van der Waals surface area (Å²) in [5.41, 5.74) is 3.63. The zero-order valence-corrected chi connectivity index (χ0v) is 9.45. The summed E-state index contributed by atoms with van der Waals surface area (Å²) in [5, 5.41) is 10.5. The Morgan fingerprint density at radius 2 is 2.17 bits per heavy atom. The highest BCUT2D eigenvalue weighted by atomic mass is 19.1. The van der Waals surface area contributed by atoms with Crippen LogP contribution in [0.2, 0.25) is 0 Å². The van der Waals surface area contributed by atoms with E-state index in [0.29, 0.717) is 6.42 Å². The first-order valence-corrected chi connectivity index (χ1v) is 5.72. The topological polar surface area (TPSA) is 64.9 Å². The molecule has 2 heterocycles. The predicted octanol–water partition coefficient (Wildman–Crippen LogP) is 1.10. The average Bonchev–Trinajstić information content (AvgIpc) is 2.92. The Balaban J connectivity index is 1.88. The molecular formula is C12H12FN3O2. The molecule has 1 fully saturated rings. The van der Waals surface area contributed by atoms with Gasteiger partial charge in [-0.2, -0.15) is 5.01 Å². The van der Waals surface area contributed by atoms with E-state index in [1.54, 1.807) is 5.01 Å². The van der Waals surface area contributed by atoms with Gasteiger partial charge in [-0.25, -0.2) is 14.2 Å². The SMILES string of the molecule is O=C(O)C1=NC2C(F)CC(c3ccccc3)N2N1. The molecule has 18 heavy (non-hydrogen) atoms. The van der Waals surface area contributed by atoms with Crippen molar-refractivity contribution < 1.29 is 14.3 Å². The van der Waals surface area contributed by atoms with Gasteiger partial charge in [-0.05, 0) is 5.56 Å². The van der Waals surface area contributed by atoms with Crippen LogP contribution in [0.5, 0.6) is 0 Å². The summed E-state index contributed by atoms with van der Waals surface area (Å²) in [5.74, 6) is -1.35. The van der Waals surface area contributed by atoms with Gasteiger partial charge in [-0.1, -0.05) is 30.3 Å². The third-order valence-electron chi connectivity index (χ3n) is 3.28. The second-order valence-corrected chi connectivity index (χ2v) is 4.39. The number of hydrogen-bond acceptors (Lipinski definition) is 4. The Hall–Kier alpha value is -1.95. The number of hydrogen-bond donors (Lipinski definition) is 2. The molecule has 3 rings (SSSR count). The van der Waals surface area contributed by atoms with Gasteiger partial charge in [-0.15, -0.1) is 0 Å². The lowest BCUT2D eigenvalue weighted by Gasteiger charge is -2.23. The van der Waals surface area contributed by atoms with Crippen LogP contribution in [-0.4, -0.2) is 34.3 Å². The third-order valence-corrected chi connectivity index (χ3v) is 3.28. The average molecular weight is 249 g/mol. The first-order chi connectivity index (χ1) is 8.66. The smallest absolute Gasteiger partial charge is 0.372 e. The maximum atomic E-state index is 13.9. The van der Waals surface area contributed by atoms with Gasteiger partial charge >= 0.3 is 5.97 Å². The summed E-state index contributed by atoms with van der Waals surface area (Å²) in [6.07, 6.45) is -1.57. The lowest BCUT2D eigenvalue weighted by molar-refractivity contribution is -0.129. The first-order valence-electron chi connectivity index (χ1n) is 5.72. The van der Waals surface area contributed by atoms with Gasteiger partial charge in [0.2, 0.25) is 5.84 Å². The fourth-order valence-electron chi connectivity index (χ4n) is 2.45. The van der Waals surface area contributed by atoms with Crippen molar-refractivity contribution in [3.8, 4) is 0 Å². The Morgan fingerprint density at radius 1 is 1.44 bits per heavy atom. The second-order valence-electron chi connectivity index (χ2n) is 4.39. The summed E-state index contributed by atoms with van der Waals surface area (Å²) in [6.45, 7) is 0. The zero-order valence-electron chi connectivity index (χ0n) is 9.45. The minimum Gasteiger partial charge on any atom is -0.475 e. The van der Waals surface area contributed by atoms with Crippen LogP contribution in [0.25, 0.3) is 0 Å². The van der Waals surface area contributed by atoms with E-state index in [0.717, 1.165) is 5.56 Å². The summed E-state index contributed by atoms with van der Waals surface area (Å²) >= 11 is 0. The van der Waals surface area contributed by atoms with E-state index in [-0.39, 0.29) is 11.9 Å². The van der Waals surface area contributed by atoms with E-state index in [2.05, 4.69) is 10.4 Å². The van der Waals surface area contributed by atoms with Crippen LogP contribution in [0, 0.1) is 0 Å². The lowest BCUT2D eigenvalue weighted by Crippen LogP contribution is -2.42. The van der Waals surface area contributed by atoms with Crippen LogP contribution in [0.15, 0.2) is 35.3 Å². The number of carboxylic acid groups (broad SMARTS) is 1. The van der Waals surface area contributed by atoms with E-state index in [1.807, 2.05) is 30.3 Å². The van der Waals surface area contributed by atoms with Crippen molar-refractivity contribution in [3.63, 3.8) is 0 Å². The molecule has 0 bridgehead atoms.